The zero-order valence-electron chi connectivity index (χ0n) is 16.3. The van der Waals surface area contributed by atoms with Gasteiger partial charge in [-0.05, 0) is 55.3 Å². The third-order valence-electron chi connectivity index (χ3n) is 4.58. The molecule has 0 spiro atoms. The van der Waals surface area contributed by atoms with Crippen molar-refractivity contribution in [2.24, 2.45) is 0 Å². The Bertz CT molecular complexity index is 953. The van der Waals surface area contributed by atoms with Crippen LogP contribution in [0.25, 0.3) is 0 Å². The summed E-state index contributed by atoms with van der Waals surface area (Å²) in [5.41, 5.74) is 0.902. The Morgan fingerprint density at radius 3 is 2.55 bits per heavy atom. The van der Waals surface area contributed by atoms with Crippen molar-refractivity contribution >= 4 is 27.4 Å². The summed E-state index contributed by atoms with van der Waals surface area (Å²) >= 11 is 0. The number of sulfonamides is 1. The molecule has 0 aromatic heterocycles. The van der Waals surface area contributed by atoms with Gasteiger partial charge in [-0.3, -0.25) is 4.72 Å². The van der Waals surface area contributed by atoms with Crippen LogP contribution in [0, 0.1) is 0 Å². The number of hydrogen-bond donors (Lipinski definition) is 2. The quantitative estimate of drug-likeness (QED) is 0.633. The molecule has 0 amide bonds. The number of nitrogens with one attached hydrogen (secondary N) is 2. The van der Waals surface area contributed by atoms with Crippen molar-refractivity contribution in [3.05, 3.63) is 48.0 Å². The minimum atomic E-state index is -3.98. The first-order valence-electron chi connectivity index (χ1n) is 9.17. The van der Waals surface area contributed by atoms with Gasteiger partial charge < -0.3 is 19.5 Å². The van der Waals surface area contributed by atoms with Gasteiger partial charge in [0.25, 0.3) is 10.0 Å². The monoisotopic (exact) mass is 420 g/mol. The molecule has 156 valence electrons. The summed E-state index contributed by atoms with van der Waals surface area (Å²) < 4.78 is 44.1. The van der Waals surface area contributed by atoms with Crippen LogP contribution in [-0.2, 0) is 19.5 Å². The average Bonchev–Trinajstić information content (AvgIpc) is 3.25. The third kappa shape index (κ3) is 5.18. The van der Waals surface area contributed by atoms with E-state index >= 15 is 0 Å². The molecule has 1 aliphatic rings. The maximum atomic E-state index is 13.1. The standard InChI is InChI=1S/C20H24N2O6S/c1-26-16-8-6-15(7-9-16)22-29(24,25)19-12-14(20(23)27-2)5-10-18(19)21-13-17-4-3-11-28-17/h5-10,12,17,21-22H,3-4,11,13H2,1-2H3. The first-order valence-corrected chi connectivity index (χ1v) is 10.7. The highest BCUT2D eigenvalue weighted by Gasteiger charge is 2.23. The topological polar surface area (TPSA) is 103 Å². The normalized spacial score (nSPS) is 16.3. The summed E-state index contributed by atoms with van der Waals surface area (Å²) in [6.07, 6.45) is 1.93. The van der Waals surface area contributed by atoms with E-state index < -0.39 is 16.0 Å². The van der Waals surface area contributed by atoms with Gasteiger partial charge >= 0.3 is 5.97 Å². The maximum Gasteiger partial charge on any atom is 0.337 e. The highest BCUT2D eigenvalue weighted by atomic mass is 32.2. The number of esters is 1. The van der Waals surface area contributed by atoms with Crippen LogP contribution in [0.4, 0.5) is 11.4 Å². The van der Waals surface area contributed by atoms with Gasteiger partial charge in [-0.25, -0.2) is 13.2 Å². The molecule has 0 aliphatic carbocycles. The Kier molecular flexibility index (Phi) is 6.60. The molecule has 1 saturated heterocycles. The number of ether oxygens (including phenoxy) is 3. The molecular weight excluding hydrogens is 396 g/mol. The van der Waals surface area contributed by atoms with Gasteiger partial charge in [0.05, 0.1) is 31.6 Å². The van der Waals surface area contributed by atoms with Crippen LogP contribution in [0.2, 0.25) is 0 Å². The summed E-state index contributed by atoms with van der Waals surface area (Å²) in [6, 6.07) is 10.9. The van der Waals surface area contributed by atoms with Gasteiger partial charge in [-0.15, -0.1) is 0 Å². The van der Waals surface area contributed by atoms with Gasteiger partial charge in [-0.1, -0.05) is 0 Å². The molecule has 0 radical (unpaired) electrons. The number of carbonyl (C=O) groups excluding carboxylic acids is 1. The summed E-state index contributed by atoms with van der Waals surface area (Å²) in [5.74, 6) is -0.00358. The average molecular weight is 420 g/mol. The highest BCUT2D eigenvalue weighted by Crippen LogP contribution is 2.27. The smallest absolute Gasteiger partial charge is 0.337 e. The van der Waals surface area contributed by atoms with E-state index in [0.717, 1.165) is 12.8 Å². The van der Waals surface area contributed by atoms with E-state index in [1.54, 1.807) is 30.3 Å². The third-order valence-corrected chi connectivity index (χ3v) is 6.00. The lowest BCUT2D eigenvalue weighted by Gasteiger charge is -2.17. The van der Waals surface area contributed by atoms with Gasteiger partial charge in [0, 0.05) is 18.8 Å². The largest absolute Gasteiger partial charge is 0.497 e. The van der Waals surface area contributed by atoms with E-state index in [9.17, 15) is 13.2 Å². The van der Waals surface area contributed by atoms with Crippen LogP contribution in [-0.4, -0.2) is 47.9 Å². The molecule has 2 aromatic carbocycles. The molecule has 8 nitrogen and oxygen atoms in total. The molecule has 2 N–H and O–H groups in total. The minimum Gasteiger partial charge on any atom is -0.497 e. The number of benzene rings is 2. The summed E-state index contributed by atoms with van der Waals surface area (Å²) in [5, 5.41) is 3.13. The van der Waals surface area contributed by atoms with Crippen molar-refractivity contribution in [3.8, 4) is 5.75 Å². The number of anilines is 2. The van der Waals surface area contributed by atoms with Crippen LogP contribution < -0.4 is 14.8 Å². The number of carbonyl (C=O) groups is 1. The van der Waals surface area contributed by atoms with Gasteiger partial charge in [-0.2, -0.15) is 0 Å². The second-order valence-corrected chi connectivity index (χ2v) is 8.20. The van der Waals surface area contributed by atoms with E-state index in [1.807, 2.05) is 0 Å². The lowest BCUT2D eigenvalue weighted by atomic mass is 10.2. The molecule has 0 bridgehead atoms. The minimum absolute atomic E-state index is 0.0281. The Morgan fingerprint density at radius 1 is 1.17 bits per heavy atom. The molecule has 2 aromatic rings. The fraction of sp³-hybridized carbons (Fsp3) is 0.350. The van der Waals surface area contributed by atoms with E-state index in [4.69, 9.17) is 14.2 Å². The Labute approximate surface area is 170 Å². The molecule has 1 aliphatic heterocycles. The molecular formula is C20H24N2O6S. The first-order chi connectivity index (χ1) is 13.9. The summed E-state index contributed by atoms with van der Waals surface area (Å²) in [4.78, 5) is 11.9. The van der Waals surface area contributed by atoms with Gasteiger partial charge in [0.15, 0.2) is 0 Å². The van der Waals surface area contributed by atoms with E-state index in [0.29, 0.717) is 30.3 Å². The zero-order chi connectivity index (χ0) is 20.9. The van der Waals surface area contributed by atoms with Crippen LogP contribution >= 0.6 is 0 Å². The van der Waals surface area contributed by atoms with Crippen molar-refractivity contribution in [2.75, 3.05) is 37.4 Å². The maximum absolute atomic E-state index is 13.1. The van der Waals surface area contributed by atoms with Gasteiger partial charge in [0.2, 0.25) is 0 Å². The molecule has 3 rings (SSSR count). The first kappa shape index (κ1) is 20.9. The zero-order valence-corrected chi connectivity index (χ0v) is 17.1. The molecule has 1 atom stereocenters. The molecule has 1 unspecified atom stereocenters. The Hall–Kier alpha value is -2.78. The van der Waals surface area contributed by atoms with Crippen molar-refractivity contribution < 1.29 is 27.4 Å². The molecule has 29 heavy (non-hydrogen) atoms. The van der Waals surface area contributed by atoms with Crippen molar-refractivity contribution in [1.82, 2.24) is 0 Å². The van der Waals surface area contributed by atoms with E-state index in [2.05, 4.69) is 10.0 Å². The lowest BCUT2D eigenvalue weighted by molar-refractivity contribution is 0.0600. The van der Waals surface area contributed by atoms with Crippen LogP contribution in [0.15, 0.2) is 47.4 Å². The van der Waals surface area contributed by atoms with Crippen molar-refractivity contribution in [3.63, 3.8) is 0 Å². The molecule has 1 fully saturated rings. The summed E-state index contributed by atoms with van der Waals surface area (Å²) in [7, 11) is -1.20. The second kappa shape index (κ2) is 9.15. The number of methoxy groups -OCH3 is 2. The van der Waals surface area contributed by atoms with Crippen molar-refractivity contribution in [1.29, 1.82) is 0 Å². The SMILES string of the molecule is COC(=O)c1ccc(NCC2CCCO2)c(S(=O)(=O)Nc2ccc(OC)cc2)c1. The predicted molar refractivity (Wildman–Crippen MR) is 109 cm³/mol. The molecule has 9 heteroatoms. The van der Waals surface area contributed by atoms with Gasteiger partial charge in [0.1, 0.15) is 10.6 Å². The van der Waals surface area contributed by atoms with E-state index in [-0.39, 0.29) is 16.6 Å². The fourth-order valence-corrected chi connectivity index (χ4v) is 4.30. The van der Waals surface area contributed by atoms with E-state index in [1.165, 1.54) is 26.4 Å². The second-order valence-electron chi connectivity index (χ2n) is 6.55. The van der Waals surface area contributed by atoms with Crippen LogP contribution in [0.5, 0.6) is 5.75 Å². The predicted octanol–water partition coefficient (Wildman–Crippen LogP) is 2.87. The number of hydrogen-bond acceptors (Lipinski definition) is 7. The van der Waals surface area contributed by atoms with Crippen LogP contribution in [0.1, 0.15) is 23.2 Å². The number of rotatable bonds is 8. The Morgan fingerprint density at radius 2 is 1.93 bits per heavy atom. The Balaban J connectivity index is 1.89. The van der Waals surface area contributed by atoms with Crippen LogP contribution in [0.3, 0.4) is 0 Å². The lowest BCUT2D eigenvalue weighted by Crippen LogP contribution is -2.21. The highest BCUT2D eigenvalue weighted by molar-refractivity contribution is 7.92. The fourth-order valence-electron chi connectivity index (χ4n) is 3.03. The molecule has 1 heterocycles. The molecule has 0 saturated carbocycles. The summed E-state index contributed by atoms with van der Waals surface area (Å²) in [6.45, 7) is 1.18. The van der Waals surface area contributed by atoms with Crippen molar-refractivity contribution in [2.45, 2.75) is 23.8 Å².